The zero-order chi connectivity index (χ0) is 12.5. The minimum Gasteiger partial charge on any atom is -0.346 e. The molecule has 3 aromatic rings. The van der Waals surface area contributed by atoms with Gasteiger partial charge in [0.1, 0.15) is 5.82 Å². The summed E-state index contributed by atoms with van der Waals surface area (Å²) in [4.78, 5) is 4.25. The van der Waals surface area contributed by atoms with Crippen LogP contribution in [0.2, 0.25) is 0 Å². The van der Waals surface area contributed by atoms with Crippen LogP contribution in [-0.2, 0) is 0 Å². The molecular weight excluding hydrogens is 235 g/mol. The van der Waals surface area contributed by atoms with Gasteiger partial charge in [-0.05, 0) is 19.1 Å². The summed E-state index contributed by atoms with van der Waals surface area (Å²) in [6.07, 6.45) is 4.82. The van der Waals surface area contributed by atoms with Crippen molar-refractivity contribution in [3.8, 4) is 0 Å². The molecule has 0 radical (unpaired) electrons. The maximum atomic E-state index is 13.0. The third-order valence-corrected chi connectivity index (χ3v) is 2.66. The Morgan fingerprint density at radius 1 is 1.44 bits per heavy atom. The second-order valence-corrected chi connectivity index (χ2v) is 3.98. The van der Waals surface area contributed by atoms with Crippen LogP contribution < -0.4 is 5.32 Å². The lowest BCUT2D eigenvalue weighted by Gasteiger charge is -2.08. The molecule has 2 N–H and O–H groups in total. The van der Waals surface area contributed by atoms with Crippen LogP contribution in [0.4, 0.5) is 10.3 Å². The Hall–Kier alpha value is -2.44. The average Bonchev–Trinajstić information content (AvgIpc) is 2.95. The van der Waals surface area contributed by atoms with E-state index in [4.69, 9.17) is 0 Å². The molecule has 18 heavy (non-hydrogen) atoms. The van der Waals surface area contributed by atoms with Crippen molar-refractivity contribution in [3.63, 3.8) is 0 Å². The topological polar surface area (TPSA) is 70.9 Å². The van der Waals surface area contributed by atoms with E-state index >= 15 is 0 Å². The Labute approximate surface area is 102 Å². The van der Waals surface area contributed by atoms with E-state index in [0.29, 0.717) is 11.6 Å². The number of rotatable bonds is 3. The van der Waals surface area contributed by atoms with Crippen molar-refractivity contribution < 1.29 is 4.39 Å². The van der Waals surface area contributed by atoms with E-state index in [1.165, 1.54) is 16.8 Å². The van der Waals surface area contributed by atoms with Gasteiger partial charge in [0.15, 0.2) is 5.65 Å². The smallest absolute Gasteiger partial charge is 0.243 e. The molecule has 3 heterocycles. The third-order valence-electron chi connectivity index (χ3n) is 2.66. The molecule has 0 saturated carbocycles. The van der Waals surface area contributed by atoms with Gasteiger partial charge in [-0.25, -0.2) is 8.91 Å². The first-order valence-corrected chi connectivity index (χ1v) is 5.49. The van der Waals surface area contributed by atoms with Gasteiger partial charge < -0.3 is 5.32 Å². The molecule has 3 aromatic heterocycles. The lowest BCUT2D eigenvalue weighted by molar-refractivity contribution is 0.614. The molecule has 0 aliphatic rings. The first kappa shape index (κ1) is 10.7. The number of fused-ring (bicyclic) bond motifs is 1. The molecule has 1 unspecified atom stereocenters. The van der Waals surface area contributed by atoms with Gasteiger partial charge in [-0.2, -0.15) is 10.1 Å². The van der Waals surface area contributed by atoms with Crippen LogP contribution in [0.15, 0.2) is 30.7 Å². The van der Waals surface area contributed by atoms with Crippen molar-refractivity contribution in [2.45, 2.75) is 13.0 Å². The summed E-state index contributed by atoms with van der Waals surface area (Å²) in [5.41, 5.74) is 1.60. The van der Waals surface area contributed by atoms with Gasteiger partial charge >= 0.3 is 0 Å². The number of aromatic nitrogens is 5. The Balaban J connectivity index is 1.86. The summed E-state index contributed by atoms with van der Waals surface area (Å²) in [5.74, 6) is 0.108. The summed E-state index contributed by atoms with van der Waals surface area (Å²) >= 11 is 0. The van der Waals surface area contributed by atoms with Crippen LogP contribution in [0, 0.1) is 5.82 Å². The van der Waals surface area contributed by atoms with E-state index in [0.717, 1.165) is 5.56 Å². The summed E-state index contributed by atoms with van der Waals surface area (Å²) in [6.45, 7) is 1.97. The van der Waals surface area contributed by atoms with Crippen molar-refractivity contribution in [3.05, 3.63) is 42.1 Å². The van der Waals surface area contributed by atoms with Crippen LogP contribution in [0.25, 0.3) is 5.65 Å². The van der Waals surface area contributed by atoms with Crippen LogP contribution >= 0.6 is 0 Å². The fourth-order valence-electron chi connectivity index (χ4n) is 1.69. The molecule has 92 valence electrons. The van der Waals surface area contributed by atoms with Gasteiger partial charge in [-0.15, -0.1) is 5.10 Å². The standard InChI is InChI=1S/C11H11FN6/c1-7(8-4-13-14-5-8)15-11-16-10-3-2-9(12)6-18(10)17-11/h2-7H,1H3,(H,13,14)(H,15,17). The molecule has 3 rings (SSSR count). The highest BCUT2D eigenvalue weighted by molar-refractivity contribution is 5.43. The lowest BCUT2D eigenvalue weighted by Crippen LogP contribution is -2.07. The molecule has 0 aromatic carbocycles. The van der Waals surface area contributed by atoms with Crippen LogP contribution in [0.3, 0.4) is 0 Å². The summed E-state index contributed by atoms with van der Waals surface area (Å²) in [7, 11) is 0. The molecule has 0 aliphatic heterocycles. The fourth-order valence-corrected chi connectivity index (χ4v) is 1.69. The average molecular weight is 246 g/mol. The highest BCUT2D eigenvalue weighted by Gasteiger charge is 2.10. The number of halogens is 1. The Morgan fingerprint density at radius 2 is 2.33 bits per heavy atom. The monoisotopic (exact) mass is 246 g/mol. The highest BCUT2D eigenvalue weighted by Crippen LogP contribution is 2.16. The molecule has 0 bridgehead atoms. The van der Waals surface area contributed by atoms with E-state index in [2.05, 4.69) is 25.6 Å². The molecule has 0 fully saturated rings. The predicted octanol–water partition coefficient (Wildman–Crippen LogP) is 1.76. The molecule has 1 atom stereocenters. The molecule has 0 amide bonds. The predicted molar refractivity (Wildman–Crippen MR) is 63.6 cm³/mol. The maximum absolute atomic E-state index is 13.0. The number of hydrogen-bond acceptors (Lipinski definition) is 4. The normalized spacial score (nSPS) is 12.8. The van der Waals surface area contributed by atoms with Gasteiger partial charge in [0, 0.05) is 11.8 Å². The van der Waals surface area contributed by atoms with Gasteiger partial charge in [0.05, 0.1) is 18.4 Å². The second kappa shape index (κ2) is 4.10. The first-order valence-electron chi connectivity index (χ1n) is 5.49. The fraction of sp³-hybridized carbons (Fsp3) is 0.182. The highest BCUT2D eigenvalue weighted by atomic mass is 19.1. The van der Waals surface area contributed by atoms with E-state index < -0.39 is 0 Å². The number of pyridine rings is 1. The summed E-state index contributed by atoms with van der Waals surface area (Å²) in [5, 5.41) is 13.9. The second-order valence-electron chi connectivity index (χ2n) is 3.98. The van der Waals surface area contributed by atoms with Crippen molar-refractivity contribution in [2.24, 2.45) is 0 Å². The number of nitrogens with zero attached hydrogens (tertiary/aromatic N) is 4. The van der Waals surface area contributed by atoms with Crippen molar-refractivity contribution in [1.82, 2.24) is 24.8 Å². The quantitative estimate of drug-likeness (QED) is 0.738. The molecule has 7 heteroatoms. The zero-order valence-corrected chi connectivity index (χ0v) is 9.63. The van der Waals surface area contributed by atoms with Crippen LogP contribution in [0.1, 0.15) is 18.5 Å². The van der Waals surface area contributed by atoms with Gasteiger partial charge in [0.25, 0.3) is 0 Å². The van der Waals surface area contributed by atoms with E-state index in [-0.39, 0.29) is 11.9 Å². The summed E-state index contributed by atoms with van der Waals surface area (Å²) in [6, 6.07) is 2.95. The number of nitrogens with one attached hydrogen (secondary N) is 2. The third kappa shape index (κ3) is 1.90. The Bertz CT molecular complexity index is 659. The molecule has 0 saturated heterocycles. The Morgan fingerprint density at radius 3 is 3.11 bits per heavy atom. The Kier molecular flexibility index (Phi) is 2.44. The number of H-pyrrole nitrogens is 1. The van der Waals surface area contributed by atoms with E-state index in [1.54, 1.807) is 18.5 Å². The van der Waals surface area contributed by atoms with Gasteiger partial charge in [0.2, 0.25) is 5.95 Å². The SMILES string of the molecule is CC(Nc1nc2ccc(F)cn2n1)c1cn[nH]c1. The lowest BCUT2D eigenvalue weighted by atomic mass is 10.2. The van der Waals surface area contributed by atoms with Crippen LogP contribution in [0.5, 0.6) is 0 Å². The van der Waals surface area contributed by atoms with Gasteiger partial charge in [-0.3, -0.25) is 5.10 Å². The van der Waals surface area contributed by atoms with Crippen LogP contribution in [-0.4, -0.2) is 24.8 Å². The minimum absolute atomic E-state index is 0.0195. The molecule has 0 aliphatic carbocycles. The largest absolute Gasteiger partial charge is 0.346 e. The molecular formula is C11H11FN6. The number of hydrogen-bond donors (Lipinski definition) is 2. The van der Waals surface area contributed by atoms with Gasteiger partial charge in [-0.1, -0.05) is 0 Å². The van der Waals surface area contributed by atoms with E-state index in [1.807, 2.05) is 6.92 Å². The number of aromatic amines is 1. The minimum atomic E-state index is -0.346. The first-order chi connectivity index (χ1) is 8.72. The van der Waals surface area contributed by atoms with Crippen molar-refractivity contribution in [1.29, 1.82) is 0 Å². The van der Waals surface area contributed by atoms with Crippen molar-refractivity contribution in [2.75, 3.05) is 5.32 Å². The van der Waals surface area contributed by atoms with Crippen molar-refractivity contribution >= 4 is 11.6 Å². The summed E-state index contributed by atoms with van der Waals surface area (Å²) < 4.78 is 14.4. The zero-order valence-electron chi connectivity index (χ0n) is 9.63. The maximum Gasteiger partial charge on any atom is 0.243 e. The van der Waals surface area contributed by atoms with E-state index in [9.17, 15) is 4.39 Å². The number of anilines is 1. The molecule has 0 spiro atoms. The molecule has 6 nitrogen and oxygen atoms in total.